The molecule has 9 N–H and O–H groups in total. The number of benzene rings is 3. The summed E-state index contributed by atoms with van der Waals surface area (Å²) < 4.78 is 17.2. The van der Waals surface area contributed by atoms with E-state index in [2.05, 4.69) is 49.1 Å². The van der Waals surface area contributed by atoms with Gasteiger partial charge in [0, 0.05) is 77.6 Å². The molecule has 516 valence electrons. The molecule has 0 aromatic heterocycles. The zero-order chi connectivity index (χ0) is 69.8. The molecule has 0 fully saturated rings. The molecule has 4 rings (SSSR count). The molecule has 1 aliphatic heterocycles. The van der Waals surface area contributed by atoms with Crippen molar-refractivity contribution < 1.29 is 62.2 Å². The third-order valence-corrected chi connectivity index (χ3v) is 17.0. The molecule has 3 aromatic carbocycles. The van der Waals surface area contributed by atoms with Gasteiger partial charge < -0.3 is 67.0 Å². The molecule has 94 heavy (non-hydrogen) atoms. The van der Waals surface area contributed by atoms with E-state index in [9.17, 15) is 47.9 Å². The first kappa shape index (κ1) is 77.9. The van der Waals surface area contributed by atoms with Crippen LogP contribution >= 0.6 is 0 Å². The Hall–Kier alpha value is -8.56. The van der Waals surface area contributed by atoms with Gasteiger partial charge in [-0.25, -0.2) is 9.59 Å². The lowest BCUT2D eigenvalue weighted by Gasteiger charge is -2.40. The SMILES string of the molecule is CCNC(=O)C(C)C(CCCCNC(=O)CC(OC)C(C(C)CC)N(C)C(=O)C(NC(=O)C(C(C)C)N(C)C(=O)OCc1ccc(NC(=O)C(CCCNC(N)=O)NC(=O)C(NC(=O)CCC(=O)N2Cc3ccccc3C#Cc3ccccc32)C(C)C)cc1)C(C)C)OC. The van der Waals surface area contributed by atoms with Crippen molar-refractivity contribution in [3.05, 3.63) is 95.1 Å². The summed E-state index contributed by atoms with van der Waals surface area (Å²) >= 11 is 0. The number of ether oxygens (including phenoxy) is 3. The lowest BCUT2D eigenvalue weighted by atomic mass is 9.89. The molecule has 1 aliphatic rings. The monoisotopic (exact) mass is 1310 g/mol. The number of hydrogen-bond acceptors (Lipinski definition) is 13. The number of urea groups is 1. The van der Waals surface area contributed by atoms with Crippen LogP contribution in [-0.2, 0) is 65.7 Å². The lowest BCUT2D eigenvalue weighted by molar-refractivity contribution is -0.144. The smallest absolute Gasteiger partial charge is 0.410 e. The van der Waals surface area contributed by atoms with E-state index in [1.54, 1.807) is 75.9 Å². The number of carbonyl (C=O) groups is 10. The van der Waals surface area contributed by atoms with Crippen LogP contribution in [0, 0.1) is 41.4 Å². The van der Waals surface area contributed by atoms with Crippen molar-refractivity contribution in [3.8, 4) is 11.8 Å². The Morgan fingerprint density at radius 3 is 1.86 bits per heavy atom. The molecule has 0 saturated carbocycles. The second-order valence-electron chi connectivity index (χ2n) is 25.1. The van der Waals surface area contributed by atoms with Crippen LogP contribution in [-0.4, -0.2) is 160 Å². The average molecular weight is 1310 g/mol. The first-order valence-electron chi connectivity index (χ1n) is 32.8. The van der Waals surface area contributed by atoms with Crippen LogP contribution in [0.2, 0.25) is 0 Å². The molecule has 0 spiro atoms. The number of rotatable bonds is 37. The number of unbranched alkanes of at least 4 members (excludes halogenated alkanes) is 1. The number of fused-ring (bicyclic) bond motifs is 2. The summed E-state index contributed by atoms with van der Waals surface area (Å²) in [5.74, 6) is 1.29. The number of likely N-dealkylation sites (N-methyl/N-ethyl adjacent to an activating group) is 2. The summed E-state index contributed by atoms with van der Waals surface area (Å²) in [6, 6.07) is 15.6. The molecule has 9 unspecified atom stereocenters. The predicted molar refractivity (Wildman–Crippen MR) is 360 cm³/mol. The van der Waals surface area contributed by atoms with Gasteiger partial charge in [0.1, 0.15) is 30.8 Å². The zero-order valence-electron chi connectivity index (χ0n) is 57.5. The van der Waals surface area contributed by atoms with Crippen LogP contribution in [0.5, 0.6) is 0 Å². The highest BCUT2D eigenvalue weighted by Gasteiger charge is 2.40. The number of anilines is 2. The molecule has 11 amide bonds. The number of primary amides is 1. The van der Waals surface area contributed by atoms with Crippen molar-refractivity contribution >= 4 is 70.8 Å². The largest absolute Gasteiger partial charge is 0.445 e. The summed E-state index contributed by atoms with van der Waals surface area (Å²) in [6.07, 6.45) is 0.829. The van der Waals surface area contributed by atoms with E-state index in [-0.39, 0.29) is 93.4 Å². The maximum atomic E-state index is 14.6. The number of nitrogens with one attached hydrogen (secondary N) is 7. The zero-order valence-corrected chi connectivity index (χ0v) is 57.5. The van der Waals surface area contributed by atoms with Crippen molar-refractivity contribution in [2.24, 2.45) is 35.3 Å². The van der Waals surface area contributed by atoms with Crippen molar-refractivity contribution in [2.75, 3.05) is 58.2 Å². The van der Waals surface area contributed by atoms with Gasteiger partial charge in [0.15, 0.2) is 0 Å². The Labute approximate surface area is 555 Å². The normalized spacial score (nSPS) is 14.6. The van der Waals surface area contributed by atoms with Crippen molar-refractivity contribution in [1.82, 2.24) is 41.7 Å². The Bertz CT molecular complexity index is 3090. The van der Waals surface area contributed by atoms with Gasteiger partial charge >= 0.3 is 12.1 Å². The van der Waals surface area contributed by atoms with E-state index < -0.39 is 89.8 Å². The molecular weight excluding hydrogens is 1200 g/mol. The van der Waals surface area contributed by atoms with E-state index in [0.29, 0.717) is 54.9 Å². The molecule has 0 radical (unpaired) electrons. The molecule has 24 nitrogen and oxygen atoms in total. The predicted octanol–water partition coefficient (Wildman–Crippen LogP) is 6.51. The fraction of sp³-hybridized carbons (Fsp3) is 0.571. The van der Waals surface area contributed by atoms with Crippen molar-refractivity contribution in [1.29, 1.82) is 0 Å². The summed E-state index contributed by atoms with van der Waals surface area (Å²) in [5, 5.41) is 19.6. The number of carbonyl (C=O) groups excluding carboxylic acids is 10. The number of para-hydroxylation sites is 1. The minimum Gasteiger partial charge on any atom is -0.445 e. The number of methoxy groups -OCH3 is 2. The third kappa shape index (κ3) is 23.8. The highest BCUT2D eigenvalue weighted by molar-refractivity contribution is 6.00. The van der Waals surface area contributed by atoms with E-state index in [4.69, 9.17) is 19.9 Å². The highest BCUT2D eigenvalue weighted by atomic mass is 16.6. The fourth-order valence-corrected chi connectivity index (χ4v) is 11.3. The summed E-state index contributed by atoms with van der Waals surface area (Å²) in [7, 11) is 6.17. The number of nitrogens with zero attached hydrogens (tertiary/aromatic N) is 3. The molecule has 0 saturated heterocycles. The first-order valence-corrected chi connectivity index (χ1v) is 32.8. The van der Waals surface area contributed by atoms with Crippen molar-refractivity contribution in [2.45, 2.75) is 183 Å². The van der Waals surface area contributed by atoms with Crippen LogP contribution in [0.25, 0.3) is 0 Å². The number of amides is 11. The standard InChI is InChI=1S/C70H103N11O13/c1-15-46(9)63(56(93-14)40-58(83)73-38-22-21-29-55(92-13)47(10)64(85)72-16-2)79(11)68(89)61(44(5)6)78-67(88)62(45(7)8)80(12)70(91)94-42-48-30-34-52(35-31-48)75-65(86)53(27-23-39-74-69(71)90)76-66(87)60(43(3)4)77-57(82)36-37-59(84)81-41-51-26-18-17-24-49(51)32-33-50-25-19-20-28-54(50)81/h17-20,24-26,28,30-31,34-35,43-47,53,55-56,60-63H,15-16,21-23,27,29,36-42H2,1-14H3,(H,72,85)(H,73,83)(H,75,86)(H,76,87)(H,77,82)(H,78,88)(H3,71,74,90). The second-order valence-corrected chi connectivity index (χ2v) is 25.1. The molecule has 3 aromatic rings. The van der Waals surface area contributed by atoms with E-state index in [1.807, 2.05) is 90.1 Å². The highest BCUT2D eigenvalue weighted by Crippen LogP contribution is 2.28. The summed E-state index contributed by atoms with van der Waals surface area (Å²) in [5.41, 5.74) is 9.09. The van der Waals surface area contributed by atoms with Gasteiger partial charge in [-0.15, -0.1) is 0 Å². The topological polar surface area (TPSA) is 318 Å². The summed E-state index contributed by atoms with van der Waals surface area (Å²) in [6.45, 7) is 19.4. The molecule has 24 heteroatoms. The Kier molecular flexibility index (Phi) is 32.5. The Balaban J connectivity index is 1.36. The van der Waals surface area contributed by atoms with Gasteiger partial charge in [0.2, 0.25) is 47.3 Å². The maximum Gasteiger partial charge on any atom is 0.410 e. The summed E-state index contributed by atoms with van der Waals surface area (Å²) in [4.78, 5) is 140. The van der Waals surface area contributed by atoms with Gasteiger partial charge in [0.05, 0.1) is 42.8 Å². The van der Waals surface area contributed by atoms with Gasteiger partial charge in [-0.05, 0) is 104 Å². The van der Waals surface area contributed by atoms with Crippen LogP contribution in [0.4, 0.5) is 21.0 Å². The number of hydrogen-bond donors (Lipinski definition) is 8. The Morgan fingerprint density at radius 2 is 1.24 bits per heavy atom. The maximum absolute atomic E-state index is 14.6. The average Bonchev–Trinajstić information content (AvgIpc) is 0.907. The van der Waals surface area contributed by atoms with Crippen LogP contribution in [0.3, 0.4) is 0 Å². The van der Waals surface area contributed by atoms with Gasteiger partial charge in [-0.1, -0.05) is 123 Å². The minimum atomic E-state index is -1.15. The van der Waals surface area contributed by atoms with Crippen LogP contribution in [0.1, 0.15) is 149 Å². The number of nitrogens with two attached hydrogens (primary N) is 1. The third-order valence-electron chi connectivity index (χ3n) is 17.0. The first-order chi connectivity index (χ1) is 44.7. The molecule has 0 bridgehead atoms. The lowest BCUT2D eigenvalue weighted by Crippen LogP contribution is -2.60. The fourth-order valence-electron chi connectivity index (χ4n) is 11.3. The minimum absolute atomic E-state index is 0.0237. The van der Waals surface area contributed by atoms with Gasteiger partial charge in [0.25, 0.3) is 0 Å². The Morgan fingerprint density at radius 1 is 0.617 bits per heavy atom. The van der Waals surface area contributed by atoms with Crippen LogP contribution in [0.15, 0.2) is 72.8 Å². The van der Waals surface area contributed by atoms with Gasteiger partial charge in [-0.2, -0.15) is 0 Å². The van der Waals surface area contributed by atoms with Crippen LogP contribution < -0.4 is 47.9 Å². The quantitative estimate of drug-likeness (QED) is 0.0226. The molecular formula is C70H103N11O13. The van der Waals surface area contributed by atoms with Crippen molar-refractivity contribution in [3.63, 3.8) is 0 Å². The van der Waals surface area contributed by atoms with E-state index in [0.717, 1.165) is 17.5 Å². The van der Waals surface area contributed by atoms with E-state index >= 15 is 0 Å². The molecule has 9 atom stereocenters. The molecule has 1 heterocycles. The van der Waals surface area contributed by atoms with Gasteiger partial charge in [-0.3, -0.25) is 43.3 Å². The molecule has 0 aliphatic carbocycles. The van der Waals surface area contributed by atoms with E-state index in [1.165, 1.54) is 19.1 Å². The second kappa shape index (κ2) is 39.2.